The average molecular weight is 539 g/mol. The lowest BCUT2D eigenvalue weighted by Crippen LogP contribution is -2.32. The summed E-state index contributed by atoms with van der Waals surface area (Å²) in [5.41, 5.74) is 3.39. The second-order valence-electron chi connectivity index (χ2n) is 6.98. The van der Waals surface area contributed by atoms with Crippen molar-refractivity contribution in [3.63, 3.8) is 0 Å². The van der Waals surface area contributed by atoms with Gasteiger partial charge in [0, 0.05) is 17.7 Å². The average Bonchev–Trinajstić information content (AvgIpc) is 2.86. The number of carbonyl (C=O) groups excluding carboxylic acids is 2. The van der Waals surface area contributed by atoms with Crippen molar-refractivity contribution in [2.24, 2.45) is 5.10 Å². The zero-order chi connectivity index (χ0) is 25.4. The van der Waals surface area contributed by atoms with Crippen LogP contribution >= 0.6 is 15.9 Å². The Morgan fingerprint density at radius 2 is 1.77 bits per heavy atom. The summed E-state index contributed by atoms with van der Waals surface area (Å²) >= 11 is 3.20. The number of ether oxygens (including phenoxy) is 1. The van der Waals surface area contributed by atoms with Crippen molar-refractivity contribution in [1.29, 1.82) is 0 Å². The summed E-state index contributed by atoms with van der Waals surface area (Å²) < 4.78 is 5.45. The molecule has 0 saturated carbocycles. The Hall–Kier alpha value is -4.51. The van der Waals surface area contributed by atoms with Gasteiger partial charge in [0.05, 0.1) is 22.7 Å². The van der Waals surface area contributed by atoms with Crippen LogP contribution in [-0.2, 0) is 4.79 Å². The van der Waals surface area contributed by atoms with E-state index in [1.165, 1.54) is 49.7 Å². The molecule has 0 aliphatic rings. The van der Waals surface area contributed by atoms with Gasteiger partial charge in [0.1, 0.15) is 5.70 Å². The van der Waals surface area contributed by atoms with Crippen LogP contribution in [0.5, 0.6) is 11.5 Å². The molecule has 0 fully saturated rings. The van der Waals surface area contributed by atoms with E-state index in [1.807, 2.05) is 0 Å². The number of non-ortho nitro benzene ring substituents is 1. The van der Waals surface area contributed by atoms with E-state index in [4.69, 9.17) is 4.74 Å². The highest BCUT2D eigenvalue weighted by molar-refractivity contribution is 9.10. The van der Waals surface area contributed by atoms with Crippen LogP contribution in [0.4, 0.5) is 5.69 Å². The summed E-state index contributed by atoms with van der Waals surface area (Å²) in [7, 11) is 1.40. The molecule has 0 bridgehead atoms. The molecule has 10 nitrogen and oxygen atoms in total. The van der Waals surface area contributed by atoms with Crippen LogP contribution in [-0.4, -0.2) is 35.2 Å². The first-order valence-electron chi connectivity index (χ1n) is 10.0. The molecule has 3 aromatic carbocycles. The fourth-order valence-electron chi connectivity index (χ4n) is 2.85. The van der Waals surface area contributed by atoms with E-state index in [9.17, 15) is 24.8 Å². The predicted molar refractivity (Wildman–Crippen MR) is 133 cm³/mol. The predicted octanol–water partition coefficient (Wildman–Crippen LogP) is 3.99. The number of aromatic hydroxyl groups is 1. The topological polar surface area (TPSA) is 143 Å². The third-order valence-electron chi connectivity index (χ3n) is 4.59. The van der Waals surface area contributed by atoms with Crippen LogP contribution < -0.4 is 15.5 Å². The maximum Gasteiger partial charge on any atom is 0.287 e. The Kier molecular flexibility index (Phi) is 8.30. The van der Waals surface area contributed by atoms with E-state index < -0.39 is 16.7 Å². The number of methoxy groups -OCH3 is 1. The smallest absolute Gasteiger partial charge is 0.287 e. The number of nitro groups is 1. The van der Waals surface area contributed by atoms with Gasteiger partial charge in [-0.2, -0.15) is 5.10 Å². The minimum absolute atomic E-state index is 0.0781. The monoisotopic (exact) mass is 538 g/mol. The minimum atomic E-state index is -0.728. The van der Waals surface area contributed by atoms with Crippen LogP contribution in [0.15, 0.2) is 82.0 Å². The van der Waals surface area contributed by atoms with Crippen molar-refractivity contribution in [3.05, 3.63) is 104 Å². The molecule has 0 heterocycles. The van der Waals surface area contributed by atoms with E-state index in [0.29, 0.717) is 21.2 Å². The Morgan fingerprint density at radius 3 is 2.40 bits per heavy atom. The Balaban J connectivity index is 1.84. The number of benzene rings is 3. The molecule has 35 heavy (non-hydrogen) atoms. The van der Waals surface area contributed by atoms with Gasteiger partial charge >= 0.3 is 0 Å². The third kappa shape index (κ3) is 6.74. The molecule has 0 unspecified atom stereocenters. The summed E-state index contributed by atoms with van der Waals surface area (Å²) in [6, 6.07) is 16.8. The lowest BCUT2D eigenvalue weighted by Gasteiger charge is -2.09. The molecule has 2 amide bonds. The van der Waals surface area contributed by atoms with Gasteiger partial charge in [-0.15, -0.1) is 0 Å². The molecular weight excluding hydrogens is 520 g/mol. The largest absolute Gasteiger partial charge is 0.503 e. The number of amides is 2. The highest BCUT2D eigenvalue weighted by atomic mass is 79.9. The van der Waals surface area contributed by atoms with Gasteiger partial charge in [-0.05, 0) is 69.5 Å². The molecule has 0 saturated heterocycles. The van der Waals surface area contributed by atoms with Crippen LogP contribution in [0.25, 0.3) is 6.08 Å². The molecule has 0 aliphatic heterocycles. The first-order chi connectivity index (χ1) is 16.8. The number of nitro benzene ring substituents is 1. The standard InChI is InChI=1S/C24H19BrN4O6/c1-35-21-13-16(11-19(25)22(21)30)14-26-28-24(32)20(27-23(31)17-5-3-2-4-6-17)12-15-7-9-18(10-8-15)29(33)34/h2-14,30H,1H3,(H,27,31)(H,28,32)/b20-12-,26-14?. The molecule has 0 spiro atoms. The van der Waals surface area contributed by atoms with Crippen molar-refractivity contribution < 1.29 is 24.4 Å². The Morgan fingerprint density at radius 1 is 1.09 bits per heavy atom. The van der Waals surface area contributed by atoms with Gasteiger partial charge in [0.25, 0.3) is 17.5 Å². The Bertz CT molecular complexity index is 1310. The van der Waals surface area contributed by atoms with Gasteiger partial charge in [0.15, 0.2) is 11.5 Å². The fourth-order valence-corrected chi connectivity index (χ4v) is 3.31. The summed E-state index contributed by atoms with van der Waals surface area (Å²) in [4.78, 5) is 35.8. The summed E-state index contributed by atoms with van der Waals surface area (Å²) in [6.07, 6.45) is 2.70. The van der Waals surface area contributed by atoms with Crippen LogP contribution in [0, 0.1) is 10.1 Å². The maximum absolute atomic E-state index is 12.8. The van der Waals surface area contributed by atoms with E-state index in [1.54, 1.807) is 36.4 Å². The van der Waals surface area contributed by atoms with Crippen molar-refractivity contribution in [3.8, 4) is 11.5 Å². The van der Waals surface area contributed by atoms with Crippen molar-refractivity contribution in [2.75, 3.05) is 7.11 Å². The Labute approximate surface area is 208 Å². The van der Waals surface area contributed by atoms with E-state index >= 15 is 0 Å². The van der Waals surface area contributed by atoms with Crippen LogP contribution in [0.3, 0.4) is 0 Å². The number of hydrazone groups is 1. The van der Waals surface area contributed by atoms with E-state index in [2.05, 4.69) is 31.8 Å². The summed E-state index contributed by atoms with van der Waals surface area (Å²) in [5, 5.41) is 27.2. The summed E-state index contributed by atoms with van der Waals surface area (Å²) in [5.74, 6) is -1.12. The zero-order valence-electron chi connectivity index (χ0n) is 18.3. The molecular formula is C24H19BrN4O6. The lowest BCUT2D eigenvalue weighted by molar-refractivity contribution is -0.384. The van der Waals surface area contributed by atoms with Gasteiger partial charge in [-0.1, -0.05) is 18.2 Å². The van der Waals surface area contributed by atoms with Gasteiger partial charge in [-0.25, -0.2) is 5.43 Å². The number of halogens is 1. The number of hydrogen-bond donors (Lipinski definition) is 3. The molecule has 178 valence electrons. The SMILES string of the molecule is COc1cc(C=NNC(=O)/C(=C/c2ccc([N+](=O)[O-])cc2)NC(=O)c2ccccc2)cc(Br)c1O. The van der Waals surface area contributed by atoms with Crippen LogP contribution in [0.1, 0.15) is 21.5 Å². The third-order valence-corrected chi connectivity index (χ3v) is 5.20. The normalized spacial score (nSPS) is 11.2. The maximum atomic E-state index is 12.8. The van der Waals surface area contributed by atoms with Crippen molar-refractivity contribution in [1.82, 2.24) is 10.7 Å². The van der Waals surface area contributed by atoms with Crippen LogP contribution in [0.2, 0.25) is 0 Å². The second-order valence-corrected chi connectivity index (χ2v) is 7.83. The second kappa shape index (κ2) is 11.6. The molecule has 11 heteroatoms. The number of carbonyl (C=O) groups is 2. The molecule has 0 aliphatic carbocycles. The molecule has 3 rings (SSSR count). The first-order valence-corrected chi connectivity index (χ1v) is 10.8. The van der Waals surface area contributed by atoms with E-state index in [0.717, 1.165) is 0 Å². The number of rotatable bonds is 8. The van der Waals surface area contributed by atoms with Crippen molar-refractivity contribution >= 4 is 45.7 Å². The minimum Gasteiger partial charge on any atom is -0.503 e. The summed E-state index contributed by atoms with van der Waals surface area (Å²) in [6.45, 7) is 0. The highest BCUT2D eigenvalue weighted by Gasteiger charge is 2.15. The molecule has 0 radical (unpaired) electrons. The molecule has 3 N–H and O–H groups in total. The molecule has 3 aromatic rings. The highest BCUT2D eigenvalue weighted by Crippen LogP contribution is 2.34. The number of nitrogens with one attached hydrogen (secondary N) is 2. The number of phenols is 1. The quantitative estimate of drug-likeness (QED) is 0.171. The molecule has 0 atom stereocenters. The molecule has 0 aromatic heterocycles. The van der Waals surface area contributed by atoms with Crippen molar-refractivity contribution in [2.45, 2.75) is 0 Å². The number of hydrogen-bond acceptors (Lipinski definition) is 7. The lowest BCUT2D eigenvalue weighted by atomic mass is 10.1. The zero-order valence-corrected chi connectivity index (χ0v) is 19.9. The first kappa shape index (κ1) is 25.1. The van der Waals surface area contributed by atoms with Gasteiger partial charge in [-0.3, -0.25) is 19.7 Å². The number of nitrogens with zero attached hydrogens (tertiary/aromatic N) is 2. The van der Waals surface area contributed by atoms with Gasteiger partial charge < -0.3 is 15.2 Å². The van der Waals surface area contributed by atoms with E-state index in [-0.39, 0.29) is 22.9 Å². The number of phenolic OH excluding ortho intramolecular Hbond substituents is 1. The fraction of sp³-hybridized carbons (Fsp3) is 0.0417. The van der Waals surface area contributed by atoms with Gasteiger partial charge in [0.2, 0.25) is 0 Å².